The third-order valence-electron chi connectivity index (χ3n) is 5.15. The molecule has 1 aromatic heterocycles. The quantitative estimate of drug-likeness (QED) is 0.768. The molecule has 1 saturated heterocycles. The van der Waals surface area contributed by atoms with Gasteiger partial charge in [0.1, 0.15) is 12.3 Å². The first-order valence-electron chi connectivity index (χ1n) is 9.11. The number of fused-ring (bicyclic) bond motifs is 1. The smallest absolute Gasteiger partial charge is 0.278 e. The average Bonchev–Trinajstić information content (AvgIpc) is 3.27. The van der Waals surface area contributed by atoms with E-state index in [0.717, 1.165) is 24.3 Å². The zero-order valence-electron chi connectivity index (χ0n) is 15.6. The molecule has 0 aliphatic carbocycles. The largest absolute Gasteiger partial charge is 0.472 e. The Labute approximate surface area is 157 Å². The van der Waals surface area contributed by atoms with Crippen LogP contribution >= 0.6 is 0 Å². The molecule has 0 spiro atoms. The molecule has 0 saturated carbocycles. The number of carbonyl (C=O) groups is 1. The predicted molar refractivity (Wildman–Crippen MR) is 94.7 cm³/mol. The molecule has 8 heteroatoms. The lowest BCUT2D eigenvalue weighted by atomic mass is 9.76. The number of aromatic nitrogens is 2. The van der Waals surface area contributed by atoms with Crippen molar-refractivity contribution >= 4 is 5.91 Å². The Morgan fingerprint density at radius 1 is 1.26 bits per heavy atom. The van der Waals surface area contributed by atoms with Crippen LogP contribution in [0.2, 0.25) is 0 Å². The minimum atomic E-state index is 0.00692. The predicted octanol–water partition coefficient (Wildman–Crippen LogP) is 2.36. The molecule has 1 atom stereocenters. The average molecular weight is 373 g/mol. The molecule has 2 aromatic rings. The highest BCUT2D eigenvalue weighted by Gasteiger charge is 2.35. The van der Waals surface area contributed by atoms with Crippen LogP contribution in [0.3, 0.4) is 0 Å². The van der Waals surface area contributed by atoms with Crippen molar-refractivity contribution in [2.24, 2.45) is 5.41 Å². The Bertz CT molecular complexity index is 837. The van der Waals surface area contributed by atoms with Gasteiger partial charge in [0.2, 0.25) is 12.7 Å². The molecule has 2 aliphatic heterocycles. The number of amides is 1. The molecule has 8 nitrogen and oxygen atoms in total. The number of ether oxygens (including phenoxy) is 3. The van der Waals surface area contributed by atoms with Crippen LogP contribution < -0.4 is 14.2 Å². The molecule has 2 aliphatic rings. The van der Waals surface area contributed by atoms with Crippen LogP contribution in [0.1, 0.15) is 31.0 Å². The Hall–Kier alpha value is -2.77. The van der Waals surface area contributed by atoms with E-state index in [4.69, 9.17) is 14.2 Å². The fourth-order valence-electron chi connectivity index (χ4n) is 3.69. The molecule has 27 heavy (non-hydrogen) atoms. The van der Waals surface area contributed by atoms with Crippen molar-refractivity contribution in [1.82, 2.24) is 15.2 Å². The SMILES string of the molecule is Cc1nonc1OCCN1CC(C)(Cc2ccc3c(c2)OCO3)CCC1=O. The molecule has 4 rings (SSSR count). The Morgan fingerprint density at radius 3 is 2.93 bits per heavy atom. The summed E-state index contributed by atoms with van der Waals surface area (Å²) in [7, 11) is 0. The fourth-order valence-corrected chi connectivity index (χ4v) is 3.69. The fraction of sp³-hybridized carbons (Fsp3) is 0.526. The lowest BCUT2D eigenvalue weighted by Gasteiger charge is -2.40. The molecule has 3 heterocycles. The van der Waals surface area contributed by atoms with E-state index in [0.29, 0.717) is 37.7 Å². The summed E-state index contributed by atoms with van der Waals surface area (Å²) in [6, 6.07) is 6.07. The number of hydrogen-bond donors (Lipinski definition) is 0. The first-order chi connectivity index (χ1) is 13.0. The number of likely N-dealkylation sites (tertiary alicyclic amines) is 1. The third-order valence-corrected chi connectivity index (χ3v) is 5.15. The molecule has 0 N–H and O–H groups in total. The van der Waals surface area contributed by atoms with E-state index in [1.54, 1.807) is 6.92 Å². The van der Waals surface area contributed by atoms with Crippen LogP contribution in [0.5, 0.6) is 17.4 Å². The van der Waals surface area contributed by atoms with Crippen molar-refractivity contribution < 1.29 is 23.6 Å². The minimum Gasteiger partial charge on any atom is -0.472 e. The van der Waals surface area contributed by atoms with Gasteiger partial charge in [0.15, 0.2) is 11.5 Å². The van der Waals surface area contributed by atoms with Crippen LogP contribution in [0, 0.1) is 12.3 Å². The van der Waals surface area contributed by atoms with Crippen molar-refractivity contribution in [3.8, 4) is 17.4 Å². The van der Waals surface area contributed by atoms with E-state index in [2.05, 4.69) is 27.9 Å². The molecule has 1 aromatic carbocycles. The topological polar surface area (TPSA) is 86.9 Å². The molecule has 1 amide bonds. The van der Waals surface area contributed by atoms with Crippen molar-refractivity contribution in [1.29, 1.82) is 0 Å². The highest BCUT2D eigenvalue weighted by molar-refractivity contribution is 5.77. The zero-order chi connectivity index (χ0) is 18.9. The number of rotatable bonds is 6. The van der Waals surface area contributed by atoms with Crippen molar-refractivity contribution in [3.63, 3.8) is 0 Å². The van der Waals surface area contributed by atoms with Crippen molar-refractivity contribution in [2.75, 3.05) is 26.5 Å². The second kappa shape index (κ2) is 7.09. The Balaban J connectivity index is 1.37. The molecule has 1 unspecified atom stereocenters. The summed E-state index contributed by atoms with van der Waals surface area (Å²) >= 11 is 0. The Morgan fingerprint density at radius 2 is 2.11 bits per heavy atom. The number of aryl methyl sites for hydroxylation is 1. The van der Waals surface area contributed by atoms with Crippen LogP contribution in [0.15, 0.2) is 22.8 Å². The highest BCUT2D eigenvalue weighted by Crippen LogP contribution is 2.37. The lowest BCUT2D eigenvalue weighted by molar-refractivity contribution is -0.137. The van der Waals surface area contributed by atoms with Crippen LogP contribution in [0.4, 0.5) is 0 Å². The summed E-state index contributed by atoms with van der Waals surface area (Å²) in [5.74, 6) is 2.13. The maximum absolute atomic E-state index is 12.3. The summed E-state index contributed by atoms with van der Waals surface area (Å²) in [6.07, 6.45) is 2.29. The number of nitrogens with zero attached hydrogens (tertiary/aromatic N) is 3. The van der Waals surface area contributed by atoms with Crippen molar-refractivity contribution in [2.45, 2.75) is 33.1 Å². The zero-order valence-corrected chi connectivity index (χ0v) is 15.6. The summed E-state index contributed by atoms with van der Waals surface area (Å²) in [5.41, 5.74) is 1.80. The van der Waals surface area contributed by atoms with Gasteiger partial charge in [-0.05, 0) is 48.0 Å². The molecule has 144 valence electrons. The Kier molecular flexibility index (Phi) is 4.63. The summed E-state index contributed by atoms with van der Waals surface area (Å²) in [4.78, 5) is 14.2. The van der Waals surface area contributed by atoms with E-state index in [-0.39, 0.29) is 18.1 Å². The number of hydrogen-bond acceptors (Lipinski definition) is 7. The molecule has 1 fully saturated rings. The van der Waals surface area contributed by atoms with E-state index in [1.165, 1.54) is 5.56 Å². The van der Waals surface area contributed by atoms with Crippen LogP contribution in [0.25, 0.3) is 0 Å². The van der Waals surface area contributed by atoms with E-state index >= 15 is 0 Å². The van der Waals surface area contributed by atoms with Crippen LogP contribution in [-0.4, -0.2) is 47.6 Å². The lowest BCUT2D eigenvalue weighted by Crippen LogP contribution is -2.47. The van der Waals surface area contributed by atoms with Gasteiger partial charge < -0.3 is 19.1 Å². The van der Waals surface area contributed by atoms with Gasteiger partial charge >= 0.3 is 0 Å². The second-order valence-corrected chi connectivity index (χ2v) is 7.49. The number of piperidine rings is 1. The molecule has 0 radical (unpaired) electrons. The summed E-state index contributed by atoms with van der Waals surface area (Å²) in [5, 5.41) is 7.38. The normalized spacial score (nSPS) is 21.6. The molecular formula is C19H23N3O5. The number of carbonyl (C=O) groups excluding carboxylic acids is 1. The number of benzene rings is 1. The van der Waals surface area contributed by atoms with E-state index < -0.39 is 0 Å². The van der Waals surface area contributed by atoms with Gasteiger partial charge in [-0.25, -0.2) is 4.63 Å². The second-order valence-electron chi connectivity index (χ2n) is 7.49. The maximum atomic E-state index is 12.3. The van der Waals surface area contributed by atoms with Gasteiger partial charge in [0, 0.05) is 13.0 Å². The first kappa shape index (κ1) is 17.6. The summed E-state index contributed by atoms with van der Waals surface area (Å²) in [6.45, 7) is 5.84. The molecular weight excluding hydrogens is 350 g/mol. The van der Waals surface area contributed by atoms with Gasteiger partial charge in [-0.3, -0.25) is 4.79 Å². The van der Waals surface area contributed by atoms with Crippen molar-refractivity contribution in [3.05, 3.63) is 29.5 Å². The van der Waals surface area contributed by atoms with Gasteiger partial charge in [0.05, 0.1) is 6.54 Å². The van der Waals surface area contributed by atoms with Gasteiger partial charge in [-0.1, -0.05) is 18.1 Å². The monoisotopic (exact) mass is 373 g/mol. The van der Waals surface area contributed by atoms with Gasteiger partial charge in [0.25, 0.3) is 5.88 Å². The van der Waals surface area contributed by atoms with Crippen LogP contribution in [-0.2, 0) is 11.2 Å². The third kappa shape index (κ3) is 3.84. The minimum absolute atomic E-state index is 0.00692. The van der Waals surface area contributed by atoms with E-state index in [9.17, 15) is 4.79 Å². The first-order valence-corrected chi connectivity index (χ1v) is 9.11. The highest BCUT2D eigenvalue weighted by atomic mass is 16.7. The summed E-state index contributed by atoms with van der Waals surface area (Å²) < 4.78 is 21.0. The van der Waals surface area contributed by atoms with E-state index in [1.807, 2.05) is 17.0 Å². The maximum Gasteiger partial charge on any atom is 0.278 e. The van der Waals surface area contributed by atoms with Gasteiger partial charge in [-0.2, -0.15) is 0 Å². The van der Waals surface area contributed by atoms with Gasteiger partial charge in [-0.15, -0.1) is 0 Å². The molecule has 0 bridgehead atoms. The standard InChI is InChI=1S/C19H23N3O5/c1-13-18(21-27-20-13)24-8-7-22-11-19(2,6-5-17(22)23)10-14-3-4-15-16(9-14)26-12-25-15/h3-4,9H,5-8,10-12H2,1-2H3.